The van der Waals surface area contributed by atoms with Crippen molar-refractivity contribution in [2.75, 3.05) is 14.2 Å². The lowest BCUT2D eigenvalue weighted by atomic mass is 10.1. The first-order chi connectivity index (χ1) is 12.7. The Balaban J connectivity index is 1.97. The zero-order valence-electron chi connectivity index (χ0n) is 14.2. The molecule has 3 rings (SSSR count). The Bertz CT molecular complexity index is 1010. The van der Waals surface area contributed by atoms with E-state index in [9.17, 15) is 5.26 Å². The number of halogens is 1. The smallest absolute Gasteiger partial charge is 0.161 e. The molecule has 6 heteroatoms. The second-order valence-corrected chi connectivity index (χ2v) is 6.56. The lowest BCUT2D eigenvalue weighted by Gasteiger charge is -2.08. The number of ether oxygens (including phenoxy) is 2. The van der Waals surface area contributed by atoms with E-state index in [2.05, 4.69) is 11.1 Å². The molecule has 0 saturated carbocycles. The lowest BCUT2D eigenvalue weighted by molar-refractivity contribution is 0.355. The van der Waals surface area contributed by atoms with Crippen LogP contribution in [-0.2, 0) is 0 Å². The third kappa shape index (κ3) is 3.72. The van der Waals surface area contributed by atoms with Gasteiger partial charge in [-0.15, -0.1) is 11.3 Å². The molecule has 0 radical (unpaired) electrons. The van der Waals surface area contributed by atoms with Crippen LogP contribution in [0.15, 0.2) is 47.8 Å². The largest absolute Gasteiger partial charge is 0.493 e. The maximum absolute atomic E-state index is 9.53. The van der Waals surface area contributed by atoms with E-state index in [1.54, 1.807) is 26.4 Å². The second kappa shape index (κ2) is 8.05. The number of thiazole rings is 1. The van der Waals surface area contributed by atoms with E-state index in [1.165, 1.54) is 11.3 Å². The maximum atomic E-state index is 9.53. The van der Waals surface area contributed by atoms with Gasteiger partial charge in [0.1, 0.15) is 11.1 Å². The van der Waals surface area contributed by atoms with Gasteiger partial charge in [0.25, 0.3) is 0 Å². The zero-order valence-corrected chi connectivity index (χ0v) is 15.8. The summed E-state index contributed by atoms with van der Waals surface area (Å²) in [6.07, 6.45) is 1.75. The quantitative estimate of drug-likeness (QED) is 0.543. The molecule has 0 bridgehead atoms. The van der Waals surface area contributed by atoms with E-state index in [0.29, 0.717) is 27.1 Å². The number of hydrogen-bond donors (Lipinski definition) is 0. The van der Waals surface area contributed by atoms with Crippen molar-refractivity contribution < 1.29 is 9.47 Å². The topological polar surface area (TPSA) is 55.1 Å². The third-order valence-corrected chi connectivity index (χ3v) is 4.96. The van der Waals surface area contributed by atoms with Gasteiger partial charge in [-0.2, -0.15) is 5.26 Å². The van der Waals surface area contributed by atoms with Crippen LogP contribution in [0, 0.1) is 11.3 Å². The van der Waals surface area contributed by atoms with Crippen molar-refractivity contribution in [2.45, 2.75) is 0 Å². The highest BCUT2D eigenvalue weighted by Crippen LogP contribution is 2.34. The number of benzene rings is 2. The predicted molar refractivity (Wildman–Crippen MR) is 106 cm³/mol. The Hall–Kier alpha value is -2.81. The molecule has 0 amide bonds. The van der Waals surface area contributed by atoms with Crippen molar-refractivity contribution >= 4 is 34.6 Å². The molecular weight excluding hydrogens is 368 g/mol. The molecule has 0 fully saturated rings. The van der Waals surface area contributed by atoms with Crippen molar-refractivity contribution in [2.24, 2.45) is 0 Å². The minimum absolute atomic E-state index is 0.467. The third-order valence-electron chi connectivity index (χ3n) is 3.74. The van der Waals surface area contributed by atoms with Gasteiger partial charge < -0.3 is 9.47 Å². The molecule has 4 nitrogen and oxygen atoms in total. The summed E-state index contributed by atoms with van der Waals surface area (Å²) < 4.78 is 10.6. The number of rotatable bonds is 5. The van der Waals surface area contributed by atoms with Crippen LogP contribution in [0.3, 0.4) is 0 Å². The van der Waals surface area contributed by atoms with Crippen molar-refractivity contribution in [1.82, 2.24) is 4.98 Å². The van der Waals surface area contributed by atoms with Crippen LogP contribution in [-0.4, -0.2) is 19.2 Å². The molecular formula is C20H15ClN2O2S. The van der Waals surface area contributed by atoms with Gasteiger partial charge in [0, 0.05) is 16.0 Å². The number of allylic oxidation sites excluding steroid dienone is 1. The van der Waals surface area contributed by atoms with Crippen LogP contribution in [0.5, 0.6) is 11.5 Å². The van der Waals surface area contributed by atoms with E-state index >= 15 is 0 Å². The summed E-state index contributed by atoms with van der Waals surface area (Å²) in [6.45, 7) is 0. The van der Waals surface area contributed by atoms with Crippen LogP contribution in [0.2, 0.25) is 5.02 Å². The van der Waals surface area contributed by atoms with Gasteiger partial charge in [0.2, 0.25) is 0 Å². The first kappa shape index (κ1) is 18.0. The molecule has 0 aliphatic heterocycles. The number of aromatic nitrogens is 1. The molecule has 0 saturated heterocycles. The molecule has 0 aliphatic rings. The minimum atomic E-state index is 0.467. The Morgan fingerprint density at radius 3 is 2.62 bits per heavy atom. The first-order valence-corrected chi connectivity index (χ1v) is 8.96. The van der Waals surface area contributed by atoms with Crippen molar-refractivity contribution in [3.8, 4) is 28.8 Å². The second-order valence-electron chi connectivity index (χ2n) is 5.30. The molecule has 0 atom stereocenters. The Morgan fingerprint density at radius 1 is 1.15 bits per heavy atom. The SMILES string of the molecule is COc1ccc(-c2csc(/C(C#N)=C/c3ccccc3Cl)n2)cc1OC. The molecule has 0 spiro atoms. The van der Waals surface area contributed by atoms with Gasteiger partial charge in [0.15, 0.2) is 11.5 Å². The molecule has 0 N–H and O–H groups in total. The molecule has 1 heterocycles. The normalized spacial score (nSPS) is 11.1. The van der Waals surface area contributed by atoms with Crippen LogP contribution in [0.4, 0.5) is 0 Å². The number of hydrogen-bond acceptors (Lipinski definition) is 5. The summed E-state index contributed by atoms with van der Waals surface area (Å²) in [7, 11) is 3.19. The van der Waals surface area contributed by atoms with Crippen LogP contribution >= 0.6 is 22.9 Å². The predicted octanol–water partition coefficient (Wildman–Crippen LogP) is 5.54. The van der Waals surface area contributed by atoms with Crippen molar-refractivity contribution in [3.05, 3.63) is 63.4 Å². The summed E-state index contributed by atoms with van der Waals surface area (Å²) in [5.41, 5.74) is 2.91. The summed E-state index contributed by atoms with van der Waals surface area (Å²) in [5.74, 6) is 1.29. The summed E-state index contributed by atoms with van der Waals surface area (Å²) in [4.78, 5) is 4.60. The van der Waals surface area contributed by atoms with Crippen molar-refractivity contribution in [3.63, 3.8) is 0 Å². The Kier molecular flexibility index (Phi) is 5.57. The van der Waals surface area contributed by atoms with Gasteiger partial charge in [0.05, 0.1) is 25.5 Å². The van der Waals surface area contributed by atoms with Gasteiger partial charge in [-0.25, -0.2) is 4.98 Å². The number of methoxy groups -OCH3 is 2. The maximum Gasteiger partial charge on any atom is 0.161 e. The highest BCUT2D eigenvalue weighted by atomic mass is 35.5. The number of nitrogens with zero attached hydrogens (tertiary/aromatic N) is 2. The van der Waals surface area contributed by atoms with E-state index < -0.39 is 0 Å². The Morgan fingerprint density at radius 2 is 1.92 bits per heavy atom. The van der Waals surface area contributed by atoms with Crippen LogP contribution in [0.25, 0.3) is 22.9 Å². The fraction of sp³-hybridized carbons (Fsp3) is 0.100. The highest BCUT2D eigenvalue weighted by molar-refractivity contribution is 7.11. The van der Waals surface area contributed by atoms with E-state index in [-0.39, 0.29) is 0 Å². The standard InChI is InChI=1S/C20H15ClN2O2S/c1-24-18-8-7-14(10-19(18)25-2)17-12-26-20(23-17)15(11-22)9-13-5-3-4-6-16(13)21/h3-10,12H,1-2H3/b15-9+. The zero-order chi connectivity index (χ0) is 18.5. The van der Waals surface area contributed by atoms with E-state index in [0.717, 1.165) is 16.8 Å². The fourth-order valence-electron chi connectivity index (χ4n) is 2.42. The summed E-state index contributed by atoms with van der Waals surface area (Å²) in [5, 5.41) is 12.7. The highest BCUT2D eigenvalue weighted by Gasteiger charge is 2.12. The monoisotopic (exact) mass is 382 g/mol. The minimum Gasteiger partial charge on any atom is -0.493 e. The molecule has 3 aromatic rings. The molecule has 26 heavy (non-hydrogen) atoms. The molecule has 2 aromatic carbocycles. The summed E-state index contributed by atoms with van der Waals surface area (Å²) >= 11 is 7.59. The molecule has 130 valence electrons. The molecule has 0 aliphatic carbocycles. The Labute approximate surface area is 160 Å². The van der Waals surface area contributed by atoms with Crippen LogP contribution in [0.1, 0.15) is 10.6 Å². The van der Waals surface area contributed by atoms with Crippen molar-refractivity contribution in [1.29, 1.82) is 5.26 Å². The van der Waals surface area contributed by atoms with Crippen LogP contribution < -0.4 is 9.47 Å². The average molecular weight is 383 g/mol. The fourth-order valence-corrected chi connectivity index (χ4v) is 3.40. The van der Waals surface area contributed by atoms with E-state index in [1.807, 2.05) is 41.8 Å². The lowest BCUT2D eigenvalue weighted by Crippen LogP contribution is -1.91. The number of nitriles is 1. The first-order valence-electron chi connectivity index (χ1n) is 7.71. The van der Waals surface area contributed by atoms with Gasteiger partial charge in [-0.1, -0.05) is 29.8 Å². The van der Waals surface area contributed by atoms with Gasteiger partial charge in [-0.05, 0) is 35.9 Å². The average Bonchev–Trinajstić information content (AvgIpc) is 3.16. The van der Waals surface area contributed by atoms with Gasteiger partial charge in [-0.3, -0.25) is 0 Å². The van der Waals surface area contributed by atoms with Gasteiger partial charge >= 0.3 is 0 Å². The molecule has 0 unspecified atom stereocenters. The summed E-state index contributed by atoms with van der Waals surface area (Å²) in [6, 6.07) is 15.2. The molecule has 1 aromatic heterocycles. The van der Waals surface area contributed by atoms with E-state index in [4.69, 9.17) is 21.1 Å².